The fourth-order valence-electron chi connectivity index (χ4n) is 2.78. The molecule has 0 radical (unpaired) electrons. The quantitative estimate of drug-likeness (QED) is 0.634. The largest absolute Gasteiger partial charge is 0.303 e. The maximum atomic E-state index is 13.1. The van der Waals surface area contributed by atoms with Gasteiger partial charge >= 0.3 is 0 Å². The predicted molar refractivity (Wildman–Crippen MR) is 99.8 cm³/mol. The van der Waals surface area contributed by atoms with E-state index in [1.54, 1.807) is 23.1 Å². The molecule has 3 aromatic rings. The third kappa shape index (κ3) is 3.83. The van der Waals surface area contributed by atoms with E-state index in [1.165, 1.54) is 6.92 Å². The van der Waals surface area contributed by atoms with Crippen molar-refractivity contribution in [3.8, 4) is 0 Å². The van der Waals surface area contributed by atoms with Crippen molar-refractivity contribution in [2.24, 2.45) is 0 Å². The number of hydrogen-bond donors (Lipinski definition) is 0. The average Bonchev–Trinajstić information content (AvgIpc) is 2.67. The van der Waals surface area contributed by atoms with Crippen molar-refractivity contribution in [3.63, 3.8) is 0 Å². The molecule has 0 spiro atoms. The van der Waals surface area contributed by atoms with Crippen LogP contribution in [0, 0.1) is 0 Å². The lowest BCUT2D eigenvalue weighted by Gasteiger charge is -2.25. The lowest BCUT2D eigenvalue weighted by molar-refractivity contribution is 0.0985. The summed E-state index contributed by atoms with van der Waals surface area (Å²) in [6.07, 6.45) is 0. The van der Waals surface area contributed by atoms with Gasteiger partial charge in [-0.15, -0.1) is 0 Å². The Kier molecular flexibility index (Phi) is 5.05. The van der Waals surface area contributed by atoms with Gasteiger partial charge in [0.15, 0.2) is 5.78 Å². The maximum absolute atomic E-state index is 13.1. The second kappa shape index (κ2) is 7.58. The number of rotatable bonds is 5. The Balaban J connectivity index is 2.06. The Morgan fingerprint density at radius 1 is 0.760 bits per heavy atom. The van der Waals surface area contributed by atoms with Crippen LogP contribution in [0.1, 0.15) is 33.2 Å². The number of carbonyl (C=O) groups excluding carboxylic acids is 2. The van der Waals surface area contributed by atoms with Crippen molar-refractivity contribution in [1.29, 1.82) is 0 Å². The zero-order valence-corrected chi connectivity index (χ0v) is 14.1. The van der Waals surface area contributed by atoms with Crippen molar-refractivity contribution in [2.75, 3.05) is 4.90 Å². The molecule has 0 fully saturated rings. The van der Waals surface area contributed by atoms with Gasteiger partial charge in [-0.25, -0.2) is 0 Å². The second-order valence-electron chi connectivity index (χ2n) is 5.82. The summed E-state index contributed by atoms with van der Waals surface area (Å²) in [5, 5.41) is 0. The molecule has 3 rings (SSSR count). The number of anilines is 1. The highest BCUT2D eigenvalue weighted by atomic mass is 16.2. The minimum atomic E-state index is -0.127. The van der Waals surface area contributed by atoms with E-state index >= 15 is 0 Å². The summed E-state index contributed by atoms with van der Waals surface area (Å²) < 4.78 is 0. The summed E-state index contributed by atoms with van der Waals surface area (Å²) in [4.78, 5) is 26.9. The number of para-hydroxylation sites is 1. The molecule has 124 valence electrons. The summed E-state index contributed by atoms with van der Waals surface area (Å²) in [6, 6.07) is 26.1. The van der Waals surface area contributed by atoms with Crippen molar-refractivity contribution in [2.45, 2.75) is 13.5 Å². The first-order valence-corrected chi connectivity index (χ1v) is 8.17. The molecule has 0 aliphatic rings. The summed E-state index contributed by atoms with van der Waals surface area (Å²) >= 11 is 0. The smallest absolute Gasteiger partial charge is 0.258 e. The Hall–Kier alpha value is -3.20. The number of nitrogens with zero attached hydrogens (tertiary/aromatic N) is 1. The Morgan fingerprint density at radius 3 is 1.96 bits per heavy atom. The number of amides is 1. The molecule has 0 atom stereocenters. The highest BCUT2D eigenvalue weighted by Crippen LogP contribution is 2.25. The molecule has 0 saturated carbocycles. The molecular formula is C22H19NO2. The Labute approximate surface area is 147 Å². The van der Waals surface area contributed by atoms with Crippen molar-refractivity contribution in [3.05, 3.63) is 102 Å². The average molecular weight is 329 g/mol. The van der Waals surface area contributed by atoms with Crippen LogP contribution in [0.5, 0.6) is 0 Å². The van der Waals surface area contributed by atoms with Gasteiger partial charge in [0.25, 0.3) is 5.91 Å². The maximum Gasteiger partial charge on any atom is 0.258 e. The lowest BCUT2D eigenvalue weighted by atomic mass is 10.1. The Morgan fingerprint density at radius 2 is 1.32 bits per heavy atom. The first-order chi connectivity index (χ1) is 12.2. The zero-order valence-electron chi connectivity index (χ0n) is 14.1. The fraction of sp³-hybridized carbons (Fsp3) is 0.0909. The van der Waals surface area contributed by atoms with Gasteiger partial charge in [-0.3, -0.25) is 9.59 Å². The predicted octanol–water partition coefficient (Wildman–Crippen LogP) is 4.74. The van der Waals surface area contributed by atoms with Crippen molar-refractivity contribution in [1.82, 2.24) is 0 Å². The van der Waals surface area contributed by atoms with E-state index in [9.17, 15) is 9.59 Å². The van der Waals surface area contributed by atoms with Gasteiger partial charge in [0.1, 0.15) is 0 Å². The molecule has 0 aliphatic heterocycles. The molecular weight excluding hydrogens is 310 g/mol. The van der Waals surface area contributed by atoms with E-state index < -0.39 is 0 Å². The molecule has 0 heterocycles. The Bertz CT molecular complexity index is 873. The zero-order chi connectivity index (χ0) is 17.6. The molecule has 3 aromatic carbocycles. The van der Waals surface area contributed by atoms with E-state index in [1.807, 2.05) is 66.7 Å². The van der Waals surface area contributed by atoms with Crippen LogP contribution in [0.3, 0.4) is 0 Å². The van der Waals surface area contributed by atoms with E-state index in [0.29, 0.717) is 23.4 Å². The highest BCUT2D eigenvalue weighted by Gasteiger charge is 2.21. The first kappa shape index (κ1) is 16.7. The number of hydrogen-bond acceptors (Lipinski definition) is 2. The molecule has 25 heavy (non-hydrogen) atoms. The van der Waals surface area contributed by atoms with Crippen LogP contribution >= 0.6 is 0 Å². The lowest BCUT2D eigenvalue weighted by Crippen LogP contribution is -2.31. The summed E-state index contributed by atoms with van der Waals surface area (Å²) in [5.41, 5.74) is 2.78. The fourth-order valence-corrected chi connectivity index (χ4v) is 2.78. The van der Waals surface area contributed by atoms with Gasteiger partial charge in [-0.2, -0.15) is 0 Å². The van der Waals surface area contributed by atoms with Crippen LogP contribution in [0.2, 0.25) is 0 Å². The molecule has 0 N–H and O–H groups in total. The summed E-state index contributed by atoms with van der Waals surface area (Å²) in [7, 11) is 0. The minimum absolute atomic E-state index is 0.0606. The highest BCUT2D eigenvalue weighted by molar-refractivity contribution is 6.10. The molecule has 0 aliphatic carbocycles. The molecule has 1 amide bonds. The first-order valence-electron chi connectivity index (χ1n) is 8.17. The van der Waals surface area contributed by atoms with Crippen molar-refractivity contribution < 1.29 is 9.59 Å². The van der Waals surface area contributed by atoms with Gasteiger partial charge < -0.3 is 4.90 Å². The number of ketones is 1. The molecule has 3 heteroatoms. The summed E-state index contributed by atoms with van der Waals surface area (Å²) in [6.45, 7) is 1.92. The van der Waals surface area contributed by atoms with E-state index in [-0.39, 0.29) is 11.7 Å². The summed E-state index contributed by atoms with van der Waals surface area (Å²) in [5.74, 6) is -0.187. The van der Waals surface area contributed by atoms with Crippen LogP contribution in [-0.2, 0) is 6.54 Å². The topological polar surface area (TPSA) is 37.4 Å². The second-order valence-corrected chi connectivity index (χ2v) is 5.82. The van der Waals surface area contributed by atoms with E-state index in [0.717, 1.165) is 5.56 Å². The molecule has 0 bridgehead atoms. The standard InChI is InChI=1S/C22H19NO2/c1-17(24)20-14-8-9-15-21(20)23(16-18-10-4-2-5-11-18)22(25)19-12-6-3-7-13-19/h2-15H,16H2,1H3. The minimum Gasteiger partial charge on any atom is -0.303 e. The molecule has 0 saturated heterocycles. The van der Waals surface area contributed by atoms with Gasteiger partial charge in [0, 0.05) is 11.1 Å². The van der Waals surface area contributed by atoms with E-state index in [4.69, 9.17) is 0 Å². The van der Waals surface area contributed by atoms with Crippen LogP contribution in [0.25, 0.3) is 0 Å². The van der Waals surface area contributed by atoms with Crippen LogP contribution in [-0.4, -0.2) is 11.7 Å². The number of Topliss-reactive ketones (excluding diaryl/α,β-unsaturated/α-hetero) is 1. The third-order valence-corrected chi connectivity index (χ3v) is 4.02. The number of carbonyl (C=O) groups is 2. The molecule has 0 unspecified atom stereocenters. The van der Waals surface area contributed by atoms with Crippen LogP contribution in [0.15, 0.2) is 84.9 Å². The van der Waals surface area contributed by atoms with Crippen molar-refractivity contribution >= 4 is 17.4 Å². The van der Waals surface area contributed by atoms with Crippen LogP contribution < -0.4 is 4.90 Å². The SMILES string of the molecule is CC(=O)c1ccccc1N(Cc1ccccc1)C(=O)c1ccccc1. The van der Waals surface area contributed by atoms with Crippen LogP contribution in [0.4, 0.5) is 5.69 Å². The van der Waals surface area contributed by atoms with Gasteiger partial charge in [-0.05, 0) is 36.8 Å². The van der Waals surface area contributed by atoms with Gasteiger partial charge in [0.2, 0.25) is 0 Å². The molecule has 3 nitrogen and oxygen atoms in total. The third-order valence-electron chi connectivity index (χ3n) is 4.02. The number of benzene rings is 3. The van der Waals surface area contributed by atoms with Gasteiger partial charge in [0.05, 0.1) is 12.2 Å². The van der Waals surface area contributed by atoms with E-state index in [2.05, 4.69) is 0 Å². The monoisotopic (exact) mass is 329 g/mol. The molecule has 0 aromatic heterocycles. The van der Waals surface area contributed by atoms with Gasteiger partial charge in [-0.1, -0.05) is 60.7 Å². The normalized spacial score (nSPS) is 10.3.